The van der Waals surface area contributed by atoms with Crippen molar-refractivity contribution < 1.29 is 14.3 Å². The molecule has 1 aliphatic rings. The largest absolute Gasteiger partial charge is 0.454 e. The summed E-state index contributed by atoms with van der Waals surface area (Å²) in [4.78, 5) is 24.8. The molecule has 0 aliphatic carbocycles. The van der Waals surface area contributed by atoms with Crippen LogP contribution in [0.5, 0.6) is 11.5 Å². The second kappa shape index (κ2) is 7.66. The number of rotatable bonds is 4. The Hall–Kier alpha value is -3.83. The molecule has 29 heavy (non-hydrogen) atoms. The Morgan fingerprint density at radius 1 is 1.21 bits per heavy atom. The maximum atomic E-state index is 13.1. The van der Waals surface area contributed by atoms with Gasteiger partial charge in [0.25, 0.3) is 11.5 Å². The molecule has 0 fully saturated rings. The molecule has 0 saturated carbocycles. The smallest absolute Gasteiger partial charge is 0.269 e. The lowest BCUT2D eigenvalue weighted by Gasteiger charge is -2.03. The molecule has 8 heteroatoms. The minimum Gasteiger partial charge on any atom is -0.454 e. The second-order valence-corrected chi connectivity index (χ2v) is 7.29. The fraction of sp³-hybridized carbons (Fsp3) is 0.0952. The second-order valence-electron chi connectivity index (χ2n) is 6.26. The van der Waals surface area contributed by atoms with Crippen molar-refractivity contribution in [1.29, 1.82) is 5.26 Å². The van der Waals surface area contributed by atoms with Gasteiger partial charge < -0.3 is 15.2 Å². The average molecular weight is 405 g/mol. The molecule has 3 aromatic rings. The fourth-order valence-corrected chi connectivity index (χ4v) is 4.08. The van der Waals surface area contributed by atoms with E-state index in [1.54, 1.807) is 24.3 Å². The van der Waals surface area contributed by atoms with Crippen molar-refractivity contribution >= 4 is 28.9 Å². The first-order chi connectivity index (χ1) is 14.1. The standard InChI is InChI=1S/C21H15N3O4S/c22-10-15(19(23)25)21-24(11-13-4-2-1-3-5-13)20(26)18(29-21)9-14-6-7-16-17(8-14)28-12-27-16/h1-9H,11-12H2,(H2,23,25)/b18-9-,21-15?. The van der Waals surface area contributed by atoms with E-state index in [2.05, 4.69) is 0 Å². The number of nitrogens with zero attached hydrogens (tertiary/aromatic N) is 2. The van der Waals surface area contributed by atoms with Crippen LogP contribution in [0.3, 0.4) is 0 Å². The van der Waals surface area contributed by atoms with Crippen LogP contribution in [0.4, 0.5) is 0 Å². The Morgan fingerprint density at radius 2 is 1.97 bits per heavy atom. The number of primary amides is 1. The van der Waals surface area contributed by atoms with Gasteiger partial charge in [-0.1, -0.05) is 36.4 Å². The Labute approximate surface area is 169 Å². The van der Waals surface area contributed by atoms with Gasteiger partial charge in [0.15, 0.2) is 17.1 Å². The van der Waals surface area contributed by atoms with Gasteiger partial charge in [0.1, 0.15) is 10.7 Å². The molecule has 1 amide bonds. The summed E-state index contributed by atoms with van der Waals surface area (Å²) in [5.41, 5.74) is 6.42. The number of fused-ring (bicyclic) bond motifs is 1. The highest BCUT2D eigenvalue weighted by atomic mass is 32.1. The molecule has 0 spiro atoms. The normalized spacial score (nSPS) is 13.8. The molecule has 0 saturated heterocycles. The van der Waals surface area contributed by atoms with E-state index in [0.29, 0.717) is 16.0 Å². The van der Waals surface area contributed by atoms with Gasteiger partial charge >= 0.3 is 0 Å². The lowest BCUT2D eigenvalue weighted by atomic mass is 10.2. The minimum atomic E-state index is -0.870. The summed E-state index contributed by atoms with van der Waals surface area (Å²) in [5.74, 6) is 0.371. The molecule has 0 atom stereocenters. The number of hydrogen-bond donors (Lipinski definition) is 1. The predicted molar refractivity (Wildman–Crippen MR) is 108 cm³/mol. The van der Waals surface area contributed by atoms with E-state index >= 15 is 0 Å². The van der Waals surface area contributed by atoms with Gasteiger partial charge in [0, 0.05) is 0 Å². The lowest BCUT2D eigenvalue weighted by Crippen LogP contribution is -2.34. The Morgan fingerprint density at radius 3 is 2.69 bits per heavy atom. The number of hydrogen-bond acceptors (Lipinski definition) is 6. The van der Waals surface area contributed by atoms with Crippen molar-refractivity contribution in [3.8, 4) is 17.6 Å². The highest BCUT2D eigenvalue weighted by molar-refractivity contribution is 7.07. The summed E-state index contributed by atoms with van der Waals surface area (Å²) >= 11 is 1.06. The van der Waals surface area contributed by atoms with Crippen LogP contribution in [0.1, 0.15) is 11.1 Å². The maximum absolute atomic E-state index is 13.1. The predicted octanol–water partition coefficient (Wildman–Crippen LogP) is 0.675. The number of amides is 1. The summed E-state index contributed by atoms with van der Waals surface area (Å²) in [6.45, 7) is 0.379. The topological polar surface area (TPSA) is 107 Å². The van der Waals surface area contributed by atoms with Crippen molar-refractivity contribution in [3.05, 3.63) is 79.2 Å². The van der Waals surface area contributed by atoms with E-state index in [1.807, 2.05) is 36.4 Å². The van der Waals surface area contributed by atoms with Gasteiger partial charge in [-0.05, 0) is 29.3 Å². The minimum absolute atomic E-state index is 0.158. The molecule has 0 radical (unpaired) electrons. The number of nitriles is 1. The van der Waals surface area contributed by atoms with Crippen LogP contribution in [0.2, 0.25) is 0 Å². The summed E-state index contributed by atoms with van der Waals surface area (Å²) in [6.07, 6.45) is 1.69. The Kier molecular flexibility index (Phi) is 4.89. The van der Waals surface area contributed by atoms with E-state index in [1.165, 1.54) is 4.57 Å². The van der Waals surface area contributed by atoms with E-state index in [-0.39, 0.29) is 29.1 Å². The molecule has 1 aliphatic heterocycles. The van der Waals surface area contributed by atoms with Crippen LogP contribution in [0.15, 0.2) is 53.3 Å². The number of ether oxygens (including phenoxy) is 2. The van der Waals surface area contributed by atoms with Crippen molar-refractivity contribution in [2.24, 2.45) is 5.73 Å². The molecule has 7 nitrogen and oxygen atoms in total. The zero-order chi connectivity index (χ0) is 20.4. The first kappa shape index (κ1) is 18.5. The van der Waals surface area contributed by atoms with Crippen molar-refractivity contribution in [3.63, 3.8) is 0 Å². The van der Waals surface area contributed by atoms with Gasteiger partial charge in [-0.15, -0.1) is 11.3 Å². The highest BCUT2D eigenvalue weighted by Gasteiger charge is 2.15. The van der Waals surface area contributed by atoms with Crippen LogP contribution in [0.25, 0.3) is 11.6 Å². The van der Waals surface area contributed by atoms with E-state index < -0.39 is 5.91 Å². The molecule has 144 valence electrons. The zero-order valence-corrected chi connectivity index (χ0v) is 15.9. The summed E-state index contributed by atoms with van der Waals surface area (Å²) < 4.78 is 12.7. The number of nitrogens with two attached hydrogens (primary N) is 1. The monoisotopic (exact) mass is 405 g/mol. The average Bonchev–Trinajstić information content (AvgIpc) is 3.29. The molecule has 0 unspecified atom stereocenters. The third-order valence-electron chi connectivity index (χ3n) is 4.36. The lowest BCUT2D eigenvalue weighted by molar-refractivity contribution is -0.112. The molecule has 0 bridgehead atoms. The summed E-state index contributed by atoms with van der Waals surface area (Å²) in [5, 5.41) is 9.40. The molecule has 2 aromatic carbocycles. The van der Waals surface area contributed by atoms with E-state index in [0.717, 1.165) is 22.5 Å². The maximum Gasteiger partial charge on any atom is 0.269 e. The Bertz CT molecular complexity index is 1320. The number of thiazole rings is 1. The zero-order valence-electron chi connectivity index (χ0n) is 15.1. The summed E-state index contributed by atoms with van der Waals surface area (Å²) in [7, 11) is 0. The number of carbonyl (C=O) groups is 1. The van der Waals surface area contributed by atoms with Crippen LogP contribution in [-0.4, -0.2) is 17.3 Å². The molecule has 2 N–H and O–H groups in total. The molecule has 4 rings (SSSR count). The van der Waals surface area contributed by atoms with Gasteiger partial charge in [0.2, 0.25) is 6.79 Å². The third-order valence-corrected chi connectivity index (χ3v) is 5.49. The van der Waals surface area contributed by atoms with Gasteiger partial charge in [-0.2, -0.15) is 5.26 Å². The quantitative estimate of drug-likeness (QED) is 0.687. The van der Waals surface area contributed by atoms with Gasteiger partial charge in [-0.25, -0.2) is 0 Å². The molecule has 2 heterocycles. The van der Waals surface area contributed by atoms with Crippen LogP contribution >= 0.6 is 11.3 Å². The van der Waals surface area contributed by atoms with E-state index in [4.69, 9.17) is 15.2 Å². The van der Waals surface area contributed by atoms with Crippen LogP contribution in [0, 0.1) is 11.3 Å². The number of carbonyl (C=O) groups excluding carboxylic acids is 1. The molecular weight excluding hydrogens is 390 g/mol. The first-order valence-corrected chi connectivity index (χ1v) is 9.47. The third kappa shape index (κ3) is 3.63. The van der Waals surface area contributed by atoms with Crippen molar-refractivity contribution in [1.82, 2.24) is 4.57 Å². The van der Waals surface area contributed by atoms with E-state index in [9.17, 15) is 14.9 Å². The Balaban J connectivity index is 1.92. The highest BCUT2D eigenvalue weighted by Crippen LogP contribution is 2.32. The van der Waals surface area contributed by atoms with Crippen molar-refractivity contribution in [2.45, 2.75) is 6.54 Å². The number of benzene rings is 2. The van der Waals surface area contributed by atoms with Crippen LogP contribution < -0.4 is 30.0 Å². The van der Waals surface area contributed by atoms with Crippen molar-refractivity contribution in [2.75, 3.05) is 6.79 Å². The number of aromatic nitrogens is 1. The fourth-order valence-electron chi connectivity index (χ4n) is 2.98. The van der Waals surface area contributed by atoms with Gasteiger partial charge in [0.05, 0.1) is 11.1 Å². The molecular formula is C21H15N3O4S. The first-order valence-electron chi connectivity index (χ1n) is 8.66. The van der Waals surface area contributed by atoms with Gasteiger partial charge in [-0.3, -0.25) is 14.2 Å². The van der Waals surface area contributed by atoms with Crippen LogP contribution in [-0.2, 0) is 11.3 Å². The summed E-state index contributed by atoms with van der Waals surface area (Å²) in [6, 6.07) is 16.5. The SMILES string of the molecule is N#CC(C(N)=O)=c1s/c(=C\c2ccc3c(c2)OCO3)c(=O)n1Cc1ccccc1. The molecule has 1 aromatic heterocycles.